The smallest absolute Gasteiger partial charge is 0.234 e. The molecule has 2 aromatic heterocycles. The summed E-state index contributed by atoms with van der Waals surface area (Å²) in [5, 5.41) is 22.3. The Kier molecular flexibility index (Phi) is 2.08. The van der Waals surface area contributed by atoms with Crippen molar-refractivity contribution in [2.24, 2.45) is 0 Å². The lowest BCUT2D eigenvalue weighted by molar-refractivity contribution is 0.471. The largest absolute Gasteiger partial charge is 0.507 e. The van der Waals surface area contributed by atoms with Crippen molar-refractivity contribution in [1.82, 2.24) is 19.8 Å². The van der Waals surface area contributed by atoms with Gasteiger partial charge in [0.05, 0.1) is 5.56 Å². The van der Waals surface area contributed by atoms with E-state index in [1.54, 1.807) is 11.4 Å². The quantitative estimate of drug-likeness (QED) is 0.717. The summed E-state index contributed by atoms with van der Waals surface area (Å²) in [6.45, 7) is 1.79. The second-order valence-electron chi connectivity index (χ2n) is 3.51. The third-order valence-electron chi connectivity index (χ3n) is 2.34. The Bertz CT molecular complexity index is 705. The minimum Gasteiger partial charge on any atom is -0.507 e. The van der Waals surface area contributed by atoms with Gasteiger partial charge in [-0.1, -0.05) is 11.3 Å². The Morgan fingerprint density at radius 3 is 2.88 bits per heavy atom. The molecule has 0 aliphatic rings. The van der Waals surface area contributed by atoms with Crippen LogP contribution in [-0.2, 0) is 0 Å². The van der Waals surface area contributed by atoms with Crippen LogP contribution in [0.4, 0.5) is 4.39 Å². The molecule has 17 heavy (non-hydrogen) atoms. The maximum absolute atomic E-state index is 12.9. The fraction of sp³-hybridized carbons (Fsp3) is 0.100. The van der Waals surface area contributed by atoms with E-state index in [-0.39, 0.29) is 5.75 Å². The van der Waals surface area contributed by atoms with Gasteiger partial charge in [-0.2, -0.15) is 9.61 Å². The second kappa shape index (κ2) is 3.49. The van der Waals surface area contributed by atoms with E-state index in [0.29, 0.717) is 21.4 Å². The average Bonchev–Trinajstić information content (AvgIpc) is 2.81. The van der Waals surface area contributed by atoms with Crippen LogP contribution in [0.2, 0.25) is 0 Å². The first-order valence-corrected chi connectivity index (χ1v) is 5.64. The summed E-state index contributed by atoms with van der Waals surface area (Å²) in [7, 11) is 0. The number of aryl methyl sites for hydroxylation is 1. The summed E-state index contributed by atoms with van der Waals surface area (Å²) in [5.41, 5.74) is 0.487. The molecule has 0 unspecified atom stereocenters. The molecular weight excluding hydrogens is 243 g/mol. The van der Waals surface area contributed by atoms with Crippen LogP contribution in [0, 0.1) is 12.7 Å². The van der Waals surface area contributed by atoms with Crippen LogP contribution >= 0.6 is 11.3 Å². The number of phenolic OH excluding ortho intramolecular Hbond substituents is 1. The van der Waals surface area contributed by atoms with Gasteiger partial charge in [0, 0.05) is 6.07 Å². The fourth-order valence-electron chi connectivity index (χ4n) is 1.51. The third-order valence-corrected chi connectivity index (χ3v) is 3.27. The summed E-state index contributed by atoms with van der Waals surface area (Å²) < 4.78 is 14.5. The predicted octanol–water partition coefficient (Wildman–Crippen LogP) is 2.01. The van der Waals surface area contributed by atoms with Crippen molar-refractivity contribution < 1.29 is 9.50 Å². The van der Waals surface area contributed by atoms with E-state index in [1.807, 2.05) is 0 Å². The SMILES string of the molecule is Cc1nnc2sc(-c3ccc(F)cc3O)nn12. The van der Waals surface area contributed by atoms with Crippen LogP contribution in [0.5, 0.6) is 5.75 Å². The second-order valence-corrected chi connectivity index (χ2v) is 4.47. The lowest BCUT2D eigenvalue weighted by Crippen LogP contribution is -1.89. The van der Waals surface area contributed by atoms with Gasteiger partial charge < -0.3 is 5.11 Å². The number of rotatable bonds is 1. The van der Waals surface area contributed by atoms with E-state index in [4.69, 9.17) is 0 Å². The number of hydrogen-bond donors (Lipinski definition) is 1. The van der Waals surface area contributed by atoms with Gasteiger partial charge in [-0.05, 0) is 19.1 Å². The van der Waals surface area contributed by atoms with Crippen molar-refractivity contribution in [3.05, 3.63) is 29.8 Å². The summed E-state index contributed by atoms with van der Waals surface area (Å²) >= 11 is 1.29. The molecule has 1 aromatic carbocycles. The zero-order chi connectivity index (χ0) is 12.0. The molecule has 3 rings (SSSR count). The monoisotopic (exact) mass is 250 g/mol. The summed E-state index contributed by atoms with van der Waals surface area (Å²) in [4.78, 5) is 0.640. The molecule has 0 atom stereocenters. The number of nitrogens with zero attached hydrogens (tertiary/aromatic N) is 4. The van der Waals surface area contributed by atoms with Gasteiger partial charge in [-0.3, -0.25) is 0 Å². The molecule has 0 fully saturated rings. The highest BCUT2D eigenvalue weighted by Gasteiger charge is 2.13. The standard InChI is InChI=1S/C10H7FN4OS/c1-5-12-13-10-15(5)14-9(17-10)7-3-2-6(11)4-8(7)16/h2-4,16H,1H3. The molecule has 0 amide bonds. The Hall–Kier alpha value is -2.02. The first-order valence-electron chi connectivity index (χ1n) is 4.83. The average molecular weight is 250 g/mol. The minimum absolute atomic E-state index is 0.132. The lowest BCUT2D eigenvalue weighted by Gasteiger charge is -1.99. The van der Waals surface area contributed by atoms with Crippen LogP contribution in [0.25, 0.3) is 15.5 Å². The molecule has 5 nitrogen and oxygen atoms in total. The normalized spacial score (nSPS) is 11.2. The van der Waals surface area contributed by atoms with Crippen LogP contribution in [0.3, 0.4) is 0 Å². The van der Waals surface area contributed by atoms with Crippen molar-refractivity contribution >= 4 is 16.3 Å². The number of benzene rings is 1. The molecule has 0 aliphatic heterocycles. The van der Waals surface area contributed by atoms with E-state index >= 15 is 0 Å². The van der Waals surface area contributed by atoms with Gasteiger partial charge in [0.15, 0.2) is 10.8 Å². The third kappa shape index (κ3) is 1.55. The predicted molar refractivity (Wildman–Crippen MR) is 60.5 cm³/mol. The number of aromatic nitrogens is 4. The van der Waals surface area contributed by atoms with Gasteiger partial charge in [-0.15, -0.1) is 10.2 Å². The number of fused-ring (bicyclic) bond motifs is 1. The molecule has 86 valence electrons. The summed E-state index contributed by atoms with van der Waals surface area (Å²) in [5.74, 6) is 0.0575. The molecule has 0 radical (unpaired) electrons. The van der Waals surface area contributed by atoms with Crippen molar-refractivity contribution in [3.63, 3.8) is 0 Å². The van der Waals surface area contributed by atoms with Gasteiger partial charge in [0.2, 0.25) is 4.96 Å². The molecule has 3 aromatic rings. The first-order chi connectivity index (χ1) is 8.15. The molecule has 0 saturated heterocycles. The number of hydrogen-bond acceptors (Lipinski definition) is 5. The fourth-order valence-corrected chi connectivity index (χ4v) is 2.43. The minimum atomic E-state index is -0.481. The molecule has 1 N–H and O–H groups in total. The number of halogens is 1. The zero-order valence-electron chi connectivity index (χ0n) is 8.75. The number of aromatic hydroxyl groups is 1. The Morgan fingerprint density at radius 1 is 1.35 bits per heavy atom. The number of phenols is 1. The highest BCUT2D eigenvalue weighted by atomic mass is 32.1. The Labute approximate surface area is 99.2 Å². The van der Waals surface area contributed by atoms with Gasteiger partial charge in [0.1, 0.15) is 11.6 Å². The maximum atomic E-state index is 12.9. The first kappa shape index (κ1) is 10.2. The van der Waals surface area contributed by atoms with Crippen molar-refractivity contribution in [2.45, 2.75) is 6.92 Å². The van der Waals surface area contributed by atoms with E-state index in [9.17, 15) is 9.50 Å². The van der Waals surface area contributed by atoms with Crippen molar-refractivity contribution in [2.75, 3.05) is 0 Å². The molecule has 0 aliphatic carbocycles. The van der Waals surface area contributed by atoms with E-state index < -0.39 is 5.82 Å². The van der Waals surface area contributed by atoms with Gasteiger partial charge in [-0.25, -0.2) is 4.39 Å². The van der Waals surface area contributed by atoms with E-state index in [1.165, 1.54) is 23.5 Å². The van der Waals surface area contributed by atoms with Crippen LogP contribution in [-0.4, -0.2) is 24.9 Å². The summed E-state index contributed by atoms with van der Waals surface area (Å²) in [6, 6.07) is 3.83. The maximum Gasteiger partial charge on any atom is 0.234 e. The lowest BCUT2D eigenvalue weighted by atomic mass is 10.2. The van der Waals surface area contributed by atoms with Crippen LogP contribution < -0.4 is 0 Å². The van der Waals surface area contributed by atoms with Crippen molar-refractivity contribution in [3.8, 4) is 16.3 Å². The molecular formula is C10H7FN4OS. The van der Waals surface area contributed by atoms with E-state index in [2.05, 4.69) is 15.3 Å². The van der Waals surface area contributed by atoms with Crippen LogP contribution in [0.15, 0.2) is 18.2 Å². The van der Waals surface area contributed by atoms with E-state index in [0.717, 1.165) is 6.07 Å². The van der Waals surface area contributed by atoms with Gasteiger partial charge in [0.25, 0.3) is 0 Å². The zero-order valence-corrected chi connectivity index (χ0v) is 9.57. The van der Waals surface area contributed by atoms with Crippen molar-refractivity contribution in [1.29, 1.82) is 0 Å². The highest BCUT2D eigenvalue weighted by Crippen LogP contribution is 2.32. The van der Waals surface area contributed by atoms with Gasteiger partial charge >= 0.3 is 0 Å². The molecule has 7 heteroatoms. The molecule has 0 saturated carbocycles. The highest BCUT2D eigenvalue weighted by molar-refractivity contribution is 7.19. The topological polar surface area (TPSA) is 63.3 Å². The van der Waals surface area contributed by atoms with Crippen LogP contribution in [0.1, 0.15) is 5.82 Å². The molecule has 0 bridgehead atoms. The Balaban J connectivity index is 2.20. The summed E-state index contributed by atoms with van der Waals surface area (Å²) in [6.07, 6.45) is 0. The molecule has 0 spiro atoms. The Morgan fingerprint density at radius 2 is 2.18 bits per heavy atom. The molecule has 2 heterocycles.